The van der Waals surface area contributed by atoms with Crippen molar-refractivity contribution in [3.63, 3.8) is 0 Å². The summed E-state index contributed by atoms with van der Waals surface area (Å²) in [5, 5.41) is 10.5. The third-order valence-electron chi connectivity index (χ3n) is 3.02. The fourth-order valence-electron chi connectivity index (χ4n) is 1.83. The number of aliphatic imine (C=N–C) groups is 1. The summed E-state index contributed by atoms with van der Waals surface area (Å²) in [7, 11) is -3.39. The minimum absolute atomic E-state index is 0.164. The first kappa shape index (κ1) is 17.3. The van der Waals surface area contributed by atoms with E-state index in [9.17, 15) is 18.5 Å². The van der Waals surface area contributed by atoms with Gasteiger partial charge in [0.25, 0.3) is 15.8 Å². The Labute approximate surface area is 124 Å². The number of allylic oxidation sites excluding steroid dienone is 1. The van der Waals surface area contributed by atoms with Gasteiger partial charge in [-0.05, 0) is 18.8 Å². The normalized spacial score (nSPS) is 18.1. The molecule has 1 rings (SSSR count). The van der Waals surface area contributed by atoms with Gasteiger partial charge in [-0.15, -0.1) is 0 Å². The van der Waals surface area contributed by atoms with Gasteiger partial charge in [0.15, 0.2) is 0 Å². The average Bonchev–Trinajstić information content (AvgIpc) is 2.41. The first-order chi connectivity index (χ1) is 9.81. The molecule has 8 nitrogen and oxygen atoms in total. The Morgan fingerprint density at radius 3 is 2.62 bits per heavy atom. The molecule has 0 saturated carbocycles. The number of hydrogen-bond donors (Lipinski definition) is 0. The van der Waals surface area contributed by atoms with Gasteiger partial charge in [0, 0.05) is 19.2 Å². The monoisotopic (exact) mass is 317 g/mol. The van der Waals surface area contributed by atoms with Crippen molar-refractivity contribution in [3.05, 3.63) is 34.7 Å². The van der Waals surface area contributed by atoms with Gasteiger partial charge in [-0.1, -0.05) is 6.58 Å². The van der Waals surface area contributed by atoms with Gasteiger partial charge in [-0.3, -0.25) is 14.3 Å². The third kappa shape index (κ3) is 7.00. The van der Waals surface area contributed by atoms with Gasteiger partial charge in [-0.2, -0.15) is 8.42 Å². The van der Waals surface area contributed by atoms with Crippen LogP contribution < -0.4 is 0 Å². The fraction of sp³-hybridized carbons (Fsp3) is 0.583. The molecule has 0 radical (unpaired) electrons. The molecule has 1 saturated heterocycles. The molecule has 0 amide bonds. The summed E-state index contributed by atoms with van der Waals surface area (Å²) in [4.78, 5) is 15.8. The lowest BCUT2D eigenvalue weighted by Crippen LogP contribution is -2.34. The smallest absolute Gasteiger partial charge is 0.286 e. The summed E-state index contributed by atoms with van der Waals surface area (Å²) < 4.78 is 26.6. The van der Waals surface area contributed by atoms with Crippen LogP contribution in [0.3, 0.4) is 0 Å². The molecule has 0 spiro atoms. The molecule has 0 bridgehead atoms. The Morgan fingerprint density at radius 2 is 2.14 bits per heavy atom. The van der Waals surface area contributed by atoms with Crippen LogP contribution in [0.2, 0.25) is 0 Å². The van der Waals surface area contributed by atoms with Crippen molar-refractivity contribution >= 4 is 16.5 Å². The summed E-state index contributed by atoms with van der Waals surface area (Å²) in [5.74, 6) is 0.197. The second-order valence-electron chi connectivity index (χ2n) is 4.75. The summed E-state index contributed by atoms with van der Waals surface area (Å²) in [6, 6.07) is 0. The molecule has 0 aliphatic carbocycles. The number of rotatable bonds is 7. The van der Waals surface area contributed by atoms with Crippen LogP contribution in [0.15, 0.2) is 29.5 Å². The van der Waals surface area contributed by atoms with Crippen LogP contribution in [0.5, 0.6) is 0 Å². The van der Waals surface area contributed by atoms with Crippen LogP contribution in [0, 0.1) is 16.0 Å². The Hall–Kier alpha value is -1.74. The molecular weight excluding hydrogens is 298 g/mol. The van der Waals surface area contributed by atoms with Crippen molar-refractivity contribution in [2.75, 3.05) is 26.0 Å². The molecule has 1 aliphatic heterocycles. The molecule has 9 heteroatoms. The number of hydrogen-bond acceptors (Lipinski definition) is 6. The van der Waals surface area contributed by atoms with Crippen molar-refractivity contribution < 1.29 is 17.5 Å². The second-order valence-corrected chi connectivity index (χ2v) is 6.39. The summed E-state index contributed by atoms with van der Waals surface area (Å²) in [6.07, 6.45) is 6.43. The lowest BCUT2D eigenvalue weighted by Gasteiger charge is -2.29. The standard InChI is InChI=1S/C12H19N3O5S/c1-3-12(15(16)17)8-13-10-14-6-4-11(5-7-14)9-20-21(2,18)19/h3,8,10-11H,1,4-7,9H2,2H3/b12-8+,13-10?. The third-order valence-corrected chi connectivity index (χ3v) is 3.59. The van der Waals surface area contributed by atoms with Crippen LogP contribution in [0.25, 0.3) is 0 Å². The van der Waals surface area contributed by atoms with Crippen LogP contribution in [-0.2, 0) is 14.3 Å². The minimum Gasteiger partial charge on any atom is -0.363 e. The Morgan fingerprint density at radius 1 is 1.52 bits per heavy atom. The zero-order valence-electron chi connectivity index (χ0n) is 11.8. The van der Waals surface area contributed by atoms with Gasteiger partial charge >= 0.3 is 0 Å². The quantitative estimate of drug-likeness (QED) is 0.173. The molecule has 0 aromatic carbocycles. The van der Waals surface area contributed by atoms with E-state index >= 15 is 0 Å². The first-order valence-electron chi connectivity index (χ1n) is 6.40. The topological polar surface area (TPSA) is 102 Å². The van der Waals surface area contributed by atoms with E-state index in [4.69, 9.17) is 4.18 Å². The number of nitro groups is 1. The average molecular weight is 317 g/mol. The highest BCUT2D eigenvalue weighted by atomic mass is 32.2. The molecular formula is C12H19N3O5S. The predicted molar refractivity (Wildman–Crippen MR) is 78.9 cm³/mol. The fourth-order valence-corrected chi connectivity index (χ4v) is 2.27. The first-order valence-corrected chi connectivity index (χ1v) is 8.22. The van der Waals surface area contributed by atoms with Crippen LogP contribution >= 0.6 is 0 Å². The van der Waals surface area contributed by atoms with E-state index in [0.717, 1.165) is 31.4 Å². The predicted octanol–water partition coefficient (Wildman–Crippen LogP) is 1.01. The van der Waals surface area contributed by atoms with E-state index in [1.54, 1.807) is 6.34 Å². The summed E-state index contributed by atoms with van der Waals surface area (Å²) >= 11 is 0. The van der Waals surface area contributed by atoms with E-state index in [-0.39, 0.29) is 18.2 Å². The highest BCUT2D eigenvalue weighted by Gasteiger charge is 2.19. The highest BCUT2D eigenvalue weighted by Crippen LogP contribution is 2.17. The van der Waals surface area contributed by atoms with E-state index in [1.807, 2.05) is 4.90 Å². The molecule has 21 heavy (non-hydrogen) atoms. The van der Waals surface area contributed by atoms with Crippen molar-refractivity contribution in [1.29, 1.82) is 0 Å². The number of piperidine rings is 1. The Bertz CT molecular complexity index is 533. The zero-order valence-corrected chi connectivity index (χ0v) is 12.7. The van der Waals surface area contributed by atoms with Crippen molar-refractivity contribution in [1.82, 2.24) is 4.90 Å². The maximum absolute atomic E-state index is 10.9. The van der Waals surface area contributed by atoms with E-state index in [0.29, 0.717) is 13.1 Å². The molecule has 0 aromatic rings. The maximum Gasteiger partial charge on any atom is 0.286 e. The molecule has 1 fully saturated rings. The maximum atomic E-state index is 10.9. The SMILES string of the molecule is C=C/C(=C\N=CN1CCC(COS(C)(=O)=O)CC1)[N+](=O)[O-]. The van der Waals surface area contributed by atoms with Crippen molar-refractivity contribution in [2.24, 2.45) is 10.9 Å². The zero-order chi connectivity index (χ0) is 15.9. The number of nitrogens with zero attached hydrogens (tertiary/aromatic N) is 3. The van der Waals surface area contributed by atoms with Gasteiger partial charge in [-0.25, -0.2) is 4.99 Å². The van der Waals surface area contributed by atoms with E-state index < -0.39 is 15.0 Å². The van der Waals surface area contributed by atoms with E-state index in [2.05, 4.69) is 11.6 Å². The molecule has 1 aliphatic rings. The Balaban J connectivity index is 2.40. The van der Waals surface area contributed by atoms with Crippen LogP contribution in [0.4, 0.5) is 0 Å². The van der Waals surface area contributed by atoms with Crippen molar-refractivity contribution in [2.45, 2.75) is 12.8 Å². The molecule has 0 unspecified atom stereocenters. The largest absolute Gasteiger partial charge is 0.363 e. The highest BCUT2D eigenvalue weighted by molar-refractivity contribution is 7.85. The molecule has 0 aromatic heterocycles. The van der Waals surface area contributed by atoms with Gasteiger partial charge in [0.05, 0.1) is 24.1 Å². The van der Waals surface area contributed by atoms with Gasteiger partial charge in [0.1, 0.15) is 6.20 Å². The molecule has 0 atom stereocenters. The van der Waals surface area contributed by atoms with Gasteiger partial charge in [0.2, 0.25) is 0 Å². The summed E-state index contributed by atoms with van der Waals surface area (Å²) in [5.41, 5.74) is -0.164. The summed E-state index contributed by atoms with van der Waals surface area (Å²) in [6.45, 7) is 4.95. The van der Waals surface area contributed by atoms with E-state index in [1.165, 1.54) is 0 Å². The minimum atomic E-state index is -3.39. The van der Waals surface area contributed by atoms with Crippen LogP contribution in [-0.4, -0.2) is 50.5 Å². The Kier molecular flexibility index (Phi) is 6.50. The van der Waals surface area contributed by atoms with Crippen LogP contribution in [0.1, 0.15) is 12.8 Å². The lowest BCUT2D eigenvalue weighted by atomic mass is 9.98. The molecule has 118 valence electrons. The molecule has 1 heterocycles. The number of likely N-dealkylation sites (tertiary alicyclic amines) is 1. The molecule has 0 N–H and O–H groups in total. The van der Waals surface area contributed by atoms with Gasteiger partial charge < -0.3 is 4.90 Å². The second kappa shape index (κ2) is 7.89. The van der Waals surface area contributed by atoms with Crippen molar-refractivity contribution in [3.8, 4) is 0 Å². The lowest BCUT2D eigenvalue weighted by molar-refractivity contribution is -0.419.